The molecule has 0 amide bonds. The molecule has 3 heterocycles. The molecule has 0 aliphatic rings. The smallest absolute Gasteiger partial charge is 0.158 e. The van der Waals surface area contributed by atoms with E-state index in [1.54, 1.807) is 0 Å². The fourth-order valence-electron chi connectivity index (χ4n) is 7.58. The number of nitrogens with zero attached hydrogens (tertiary/aromatic N) is 4. The molecule has 0 aliphatic carbocycles. The Morgan fingerprint density at radius 2 is 1.18 bits per heavy atom. The van der Waals surface area contributed by atoms with Crippen LogP contribution >= 0.6 is 0 Å². The van der Waals surface area contributed by atoms with E-state index in [0.29, 0.717) is 18.3 Å². The fraction of sp³-hybridized carbons (Fsp3) is 0.0222. The zero-order valence-corrected chi connectivity index (χ0v) is 27.6. The van der Waals surface area contributed by atoms with Crippen molar-refractivity contribution in [3.8, 4) is 5.69 Å². The standard InChI is InChI=1S/C45H31N5O/c46-44(30-23-24-34-33-18-9-12-22-40(33)51-41(34)27-30)48-45(29-13-3-1-4-14-29)47-28-49-37-20-10-7-17-32(37)35-25-26-39-42(43(35)49)36-19-8-11-21-38(36)50(39)31-15-5-2-6-16-31/h1-27H,28H2,(H2,46,47,48). The first kappa shape index (κ1) is 29.0. The van der Waals surface area contributed by atoms with E-state index in [-0.39, 0.29) is 0 Å². The summed E-state index contributed by atoms with van der Waals surface area (Å²) in [6.07, 6.45) is 0. The van der Waals surface area contributed by atoms with Gasteiger partial charge in [-0.1, -0.05) is 115 Å². The summed E-state index contributed by atoms with van der Waals surface area (Å²) >= 11 is 0. The van der Waals surface area contributed by atoms with Crippen LogP contribution in [-0.2, 0) is 6.67 Å². The molecular weight excluding hydrogens is 627 g/mol. The van der Waals surface area contributed by atoms with Crippen LogP contribution in [0.25, 0.3) is 71.2 Å². The van der Waals surface area contributed by atoms with Crippen LogP contribution in [0, 0.1) is 0 Å². The lowest BCUT2D eigenvalue weighted by molar-refractivity contribution is 0.669. The zero-order chi connectivity index (χ0) is 33.9. The normalized spacial score (nSPS) is 12.7. The molecule has 0 saturated carbocycles. The van der Waals surface area contributed by atoms with Crippen LogP contribution in [0.3, 0.4) is 0 Å². The van der Waals surface area contributed by atoms with Gasteiger partial charge in [0, 0.05) is 49.1 Å². The maximum atomic E-state index is 6.76. The van der Waals surface area contributed by atoms with Crippen molar-refractivity contribution in [3.63, 3.8) is 0 Å². The third-order valence-electron chi connectivity index (χ3n) is 9.88. The predicted octanol–water partition coefficient (Wildman–Crippen LogP) is 10.6. The van der Waals surface area contributed by atoms with Crippen molar-refractivity contribution in [1.29, 1.82) is 0 Å². The lowest BCUT2D eigenvalue weighted by Crippen LogP contribution is -2.16. The van der Waals surface area contributed by atoms with Crippen LogP contribution in [0.2, 0.25) is 0 Å². The van der Waals surface area contributed by atoms with Gasteiger partial charge in [0.2, 0.25) is 0 Å². The average molecular weight is 658 g/mol. The number of fused-ring (bicyclic) bond motifs is 10. The van der Waals surface area contributed by atoms with Gasteiger partial charge in [0.05, 0.1) is 22.1 Å². The highest BCUT2D eigenvalue weighted by Crippen LogP contribution is 2.40. The molecule has 7 aromatic carbocycles. The van der Waals surface area contributed by atoms with Gasteiger partial charge in [-0.05, 0) is 48.5 Å². The Morgan fingerprint density at radius 1 is 0.529 bits per heavy atom. The van der Waals surface area contributed by atoms with Crippen molar-refractivity contribution in [1.82, 2.24) is 9.13 Å². The van der Waals surface area contributed by atoms with Crippen molar-refractivity contribution in [3.05, 3.63) is 175 Å². The summed E-state index contributed by atoms with van der Waals surface area (Å²) in [6, 6.07) is 56.4. The first-order valence-electron chi connectivity index (χ1n) is 17.1. The quantitative estimate of drug-likeness (QED) is 0.148. The van der Waals surface area contributed by atoms with E-state index < -0.39 is 0 Å². The second-order valence-corrected chi connectivity index (χ2v) is 12.8. The largest absolute Gasteiger partial charge is 0.456 e. The van der Waals surface area contributed by atoms with E-state index in [4.69, 9.17) is 20.1 Å². The minimum atomic E-state index is 0.345. The Morgan fingerprint density at radius 3 is 2.00 bits per heavy atom. The van der Waals surface area contributed by atoms with Gasteiger partial charge in [-0.15, -0.1) is 0 Å². The van der Waals surface area contributed by atoms with Gasteiger partial charge in [-0.3, -0.25) is 0 Å². The van der Waals surface area contributed by atoms with Crippen LogP contribution < -0.4 is 5.73 Å². The van der Waals surface area contributed by atoms with Crippen molar-refractivity contribution in [2.24, 2.45) is 15.7 Å². The van der Waals surface area contributed by atoms with E-state index in [1.807, 2.05) is 66.7 Å². The topological polar surface area (TPSA) is 73.7 Å². The number of aromatic nitrogens is 2. The number of nitrogens with two attached hydrogens (primary N) is 1. The molecule has 0 fully saturated rings. The van der Waals surface area contributed by atoms with E-state index in [2.05, 4.69) is 106 Å². The molecule has 10 aromatic rings. The summed E-state index contributed by atoms with van der Waals surface area (Å²) in [4.78, 5) is 10.2. The molecule has 0 spiro atoms. The van der Waals surface area contributed by atoms with E-state index in [1.165, 1.54) is 21.5 Å². The van der Waals surface area contributed by atoms with Gasteiger partial charge in [0.1, 0.15) is 23.7 Å². The number of benzene rings is 7. The fourth-order valence-corrected chi connectivity index (χ4v) is 7.58. The van der Waals surface area contributed by atoms with E-state index >= 15 is 0 Å². The van der Waals surface area contributed by atoms with E-state index in [0.717, 1.165) is 60.8 Å². The molecule has 0 unspecified atom stereocenters. The maximum Gasteiger partial charge on any atom is 0.158 e. The zero-order valence-electron chi connectivity index (χ0n) is 27.6. The van der Waals surface area contributed by atoms with Gasteiger partial charge < -0.3 is 19.3 Å². The van der Waals surface area contributed by atoms with Gasteiger partial charge in [-0.2, -0.15) is 0 Å². The molecule has 6 heteroatoms. The number of rotatable bonds is 5. The number of hydrogen-bond acceptors (Lipinski definition) is 2. The molecule has 0 bridgehead atoms. The Balaban J connectivity index is 1.17. The first-order valence-corrected chi connectivity index (χ1v) is 17.1. The third kappa shape index (κ3) is 4.65. The summed E-state index contributed by atoms with van der Waals surface area (Å²) < 4.78 is 10.8. The first-order chi connectivity index (χ1) is 25.2. The lowest BCUT2D eigenvalue weighted by Gasteiger charge is -2.10. The average Bonchev–Trinajstić information content (AvgIpc) is 3.84. The second-order valence-electron chi connectivity index (χ2n) is 12.8. The maximum absolute atomic E-state index is 6.76. The number of furan rings is 1. The molecule has 3 aromatic heterocycles. The van der Waals surface area contributed by atoms with Gasteiger partial charge in [0.25, 0.3) is 0 Å². The highest BCUT2D eigenvalue weighted by atomic mass is 16.3. The summed E-state index contributed by atoms with van der Waals surface area (Å²) in [7, 11) is 0. The van der Waals surface area contributed by atoms with Gasteiger partial charge >= 0.3 is 0 Å². The molecule has 242 valence electrons. The Labute approximate surface area is 293 Å². The molecular formula is C45H31N5O. The van der Waals surface area contributed by atoms with Gasteiger partial charge in [-0.25, -0.2) is 9.98 Å². The molecule has 0 radical (unpaired) electrons. The highest BCUT2D eigenvalue weighted by molar-refractivity contribution is 6.25. The van der Waals surface area contributed by atoms with Crippen molar-refractivity contribution < 1.29 is 4.42 Å². The minimum absolute atomic E-state index is 0.345. The van der Waals surface area contributed by atoms with E-state index in [9.17, 15) is 0 Å². The molecule has 51 heavy (non-hydrogen) atoms. The Hall–Kier alpha value is -6.92. The van der Waals surface area contributed by atoms with Gasteiger partial charge in [0.15, 0.2) is 5.84 Å². The predicted molar refractivity (Wildman–Crippen MR) is 211 cm³/mol. The second kappa shape index (κ2) is 11.6. The lowest BCUT2D eigenvalue weighted by atomic mass is 10.1. The number of hydrogen-bond donors (Lipinski definition) is 1. The van der Waals surface area contributed by atoms with Crippen LogP contribution in [0.5, 0.6) is 0 Å². The van der Waals surface area contributed by atoms with Crippen LogP contribution in [-0.4, -0.2) is 20.8 Å². The summed E-state index contributed by atoms with van der Waals surface area (Å²) in [6.45, 7) is 0.345. The van der Waals surface area contributed by atoms with Crippen LogP contribution in [0.15, 0.2) is 178 Å². The molecule has 0 aliphatic heterocycles. The monoisotopic (exact) mass is 657 g/mol. The highest BCUT2D eigenvalue weighted by Gasteiger charge is 2.20. The summed E-state index contributed by atoms with van der Waals surface area (Å²) in [5.74, 6) is 0.929. The SMILES string of the molecule is NC(=N/C(=N\Cn1c2ccccc2c2ccc3c(c4ccccc4n3-c3ccccc3)c21)c1ccccc1)c1ccc2c(c1)oc1ccccc12. The molecule has 6 nitrogen and oxygen atoms in total. The Bertz CT molecular complexity index is 3000. The molecule has 0 saturated heterocycles. The summed E-state index contributed by atoms with van der Waals surface area (Å²) in [5.41, 5.74) is 15.7. The molecule has 2 N–H and O–H groups in total. The van der Waals surface area contributed by atoms with Crippen molar-refractivity contribution >= 4 is 77.2 Å². The van der Waals surface area contributed by atoms with Crippen LogP contribution in [0.4, 0.5) is 0 Å². The van der Waals surface area contributed by atoms with Crippen LogP contribution in [0.1, 0.15) is 11.1 Å². The summed E-state index contributed by atoms with van der Waals surface area (Å²) in [5, 5.41) is 6.89. The number of para-hydroxylation sites is 4. The minimum Gasteiger partial charge on any atom is -0.456 e. The number of amidine groups is 2. The Kier molecular flexibility index (Phi) is 6.61. The van der Waals surface area contributed by atoms with Crippen molar-refractivity contribution in [2.75, 3.05) is 0 Å². The van der Waals surface area contributed by atoms with Crippen molar-refractivity contribution in [2.45, 2.75) is 6.67 Å². The third-order valence-corrected chi connectivity index (χ3v) is 9.88. The molecule has 10 rings (SSSR count). The number of aliphatic imine (C=N–C) groups is 2. The molecule has 0 atom stereocenters.